The molecule has 13 heteroatoms. The molecule has 0 fully saturated rings. The van der Waals surface area contributed by atoms with Gasteiger partial charge in [0.05, 0.1) is 13.2 Å². The fourth-order valence-electron chi connectivity index (χ4n) is 5.97. The van der Waals surface area contributed by atoms with Crippen molar-refractivity contribution >= 4 is 35.5 Å². The van der Waals surface area contributed by atoms with Gasteiger partial charge in [-0.05, 0) is 82.6 Å². The molecular formula is C45H65FN2O10. The molecular weight excluding hydrogens is 747 g/mol. The van der Waals surface area contributed by atoms with Crippen LogP contribution in [0.25, 0.3) is 5.57 Å². The molecule has 3 rings (SSSR count). The Kier molecular flexibility index (Phi) is 19.6. The molecule has 58 heavy (non-hydrogen) atoms. The lowest BCUT2D eigenvalue weighted by atomic mass is 9.98. The topological polar surface area (TPSA) is 138 Å². The highest BCUT2D eigenvalue weighted by molar-refractivity contribution is 5.90. The highest BCUT2D eigenvalue weighted by Gasteiger charge is 2.40. The lowest BCUT2D eigenvalue weighted by Gasteiger charge is -2.33. The molecule has 12 nitrogen and oxygen atoms in total. The van der Waals surface area contributed by atoms with Crippen LogP contribution in [-0.4, -0.2) is 103 Å². The van der Waals surface area contributed by atoms with Gasteiger partial charge in [-0.25, -0.2) is 23.6 Å². The Morgan fingerprint density at radius 2 is 1.40 bits per heavy atom. The summed E-state index contributed by atoms with van der Waals surface area (Å²) in [4.78, 5) is 69.7. The van der Waals surface area contributed by atoms with E-state index in [0.29, 0.717) is 18.8 Å². The van der Waals surface area contributed by atoms with Crippen molar-refractivity contribution in [3.8, 4) is 0 Å². The van der Waals surface area contributed by atoms with Crippen molar-refractivity contribution in [1.82, 2.24) is 9.80 Å². The number of carbonyl (C=O) groups is 5. The number of amides is 2. The van der Waals surface area contributed by atoms with Gasteiger partial charge in [-0.15, -0.1) is 0 Å². The van der Waals surface area contributed by atoms with Crippen LogP contribution in [0, 0.1) is 5.92 Å². The minimum Gasteiger partial charge on any atom is -0.458 e. The van der Waals surface area contributed by atoms with Gasteiger partial charge >= 0.3 is 24.0 Å². The minimum atomic E-state index is -1.96. The van der Waals surface area contributed by atoms with E-state index in [9.17, 15) is 24.0 Å². The van der Waals surface area contributed by atoms with E-state index in [1.54, 1.807) is 45.0 Å². The van der Waals surface area contributed by atoms with Crippen LogP contribution in [-0.2, 0) is 55.9 Å². The van der Waals surface area contributed by atoms with Gasteiger partial charge in [0.2, 0.25) is 6.10 Å². The Hall–Kier alpha value is -4.78. The number of halogens is 1. The molecule has 0 bridgehead atoms. The molecule has 0 saturated heterocycles. The average Bonchev–Trinajstić information content (AvgIpc) is 3.17. The van der Waals surface area contributed by atoms with Gasteiger partial charge in [-0.1, -0.05) is 88.4 Å². The standard InChI is InChI=1S/C43H59FN2O10.C2H6/c1-28(2)24-34(46(10)41(51)56-42(4,5)6)38(48)54-29(3)37(47)45(9)35(26-43(7,8)44)39(49)55-36(40(50)53-27-31-14-12-11-13-15-31)25-30-16-18-32(19-17-30)33-20-22-52-23-21-33;1-2/h11-20,28-29,34-36H,21-27H2,1-10H3;1-2H3/t29-,34+,35+,36-;/m1./s1. The number of hydrogen-bond donors (Lipinski definition) is 0. The predicted molar refractivity (Wildman–Crippen MR) is 220 cm³/mol. The Balaban J connectivity index is 0.00000571. The van der Waals surface area contributed by atoms with E-state index in [-0.39, 0.29) is 25.4 Å². The summed E-state index contributed by atoms with van der Waals surface area (Å²) in [6, 6.07) is 13.9. The fraction of sp³-hybridized carbons (Fsp3) is 0.578. The monoisotopic (exact) mass is 812 g/mol. The molecule has 1 aliphatic heterocycles. The highest BCUT2D eigenvalue weighted by atomic mass is 19.1. The van der Waals surface area contributed by atoms with Crippen LogP contribution >= 0.6 is 0 Å². The minimum absolute atomic E-state index is 0.0355. The maximum absolute atomic E-state index is 15.3. The van der Waals surface area contributed by atoms with Crippen molar-refractivity contribution in [2.24, 2.45) is 5.92 Å². The summed E-state index contributed by atoms with van der Waals surface area (Å²) in [7, 11) is 2.69. The molecule has 0 aromatic heterocycles. The SMILES string of the molecule is CC.CC(C)C[C@@H](C(=O)O[C@H](C)C(=O)N(C)[C@@H](CC(C)(C)F)C(=O)O[C@H](Cc1ccc(C2=CCOCC2)cc1)C(=O)OCc1ccccc1)N(C)C(=O)OC(C)(C)C. The third-order valence-corrected chi connectivity index (χ3v) is 8.98. The number of nitrogens with zero attached hydrogens (tertiary/aromatic N) is 2. The van der Waals surface area contributed by atoms with E-state index in [1.807, 2.05) is 64.1 Å². The van der Waals surface area contributed by atoms with Crippen LogP contribution < -0.4 is 0 Å². The second-order valence-corrected chi connectivity index (χ2v) is 16.2. The molecule has 2 amide bonds. The number of rotatable bonds is 17. The number of carbonyl (C=O) groups excluding carboxylic acids is 5. The van der Waals surface area contributed by atoms with Gasteiger partial charge in [0.1, 0.15) is 30.0 Å². The van der Waals surface area contributed by atoms with Crippen LogP contribution in [0.4, 0.5) is 9.18 Å². The zero-order chi connectivity index (χ0) is 43.8. The molecule has 322 valence electrons. The van der Waals surface area contributed by atoms with Gasteiger partial charge in [0.15, 0.2) is 6.10 Å². The van der Waals surface area contributed by atoms with Crippen molar-refractivity contribution in [3.05, 3.63) is 77.4 Å². The fourth-order valence-corrected chi connectivity index (χ4v) is 5.97. The second-order valence-electron chi connectivity index (χ2n) is 16.2. The Bertz CT molecular complexity index is 1660. The summed E-state index contributed by atoms with van der Waals surface area (Å²) in [6.07, 6.45) is -1.17. The second kappa shape index (κ2) is 23.0. The summed E-state index contributed by atoms with van der Waals surface area (Å²) in [6.45, 7) is 17.7. The van der Waals surface area contributed by atoms with Crippen LogP contribution in [0.3, 0.4) is 0 Å². The number of alkyl halides is 1. The first-order valence-corrected chi connectivity index (χ1v) is 20.0. The first-order valence-electron chi connectivity index (χ1n) is 20.0. The normalized spacial score (nSPS) is 15.0. The van der Waals surface area contributed by atoms with E-state index in [1.165, 1.54) is 34.9 Å². The molecule has 0 aliphatic carbocycles. The Labute approximate surface area is 344 Å². The van der Waals surface area contributed by atoms with E-state index in [2.05, 4.69) is 0 Å². The summed E-state index contributed by atoms with van der Waals surface area (Å²) in [5.74, 6) is -3.58. The number of likely N-dealkylation sites (N-methyl/N-ethyl adjacent to an activating group) is 2. The largest absolute Gasteiger partial charge is 0.458 e. The molecule has 2 aromatic rings. The van der Waals surface area contributed by atoms with E-state index in [4.69, 9.17) is 23.7 Å². The maximum Gasteiger partial charge on any atom is 0.410 e. The van der Waals surface area contributed by atoms with Crippen LogP contribution in [0.2, 0.25) is 0 Å². The smallest absolute Gasteiger partial charge is 0.410 e. The molecule has 1 aliphatic rings. The summed E-state index contributed by atoms with van der Waals surface area (Å²) >= 11 is 0. The molecule has 1 heterocycles. The summed E-state index contributed by atoms with van der Waals surface area (Å²) in [5, 5.41) is 0. The van der Waals surface area contributed by atoms with Gasteiger partial charge in [-0.2, -0.15) is 0 Å². The average molecular weight is 813 g/mol. The molecule has 0 spiro atoms. The number of hydrogen-bond acceptors (Lipinski definition) is 10. The first kappa shape index (κ1) is 49.4. The predicted octanol–water partition coefficient (Wildman–Crippen LogP) is 7.89. The molecule has 2 aromatic carbocycles. The van der Waals surface area contributed by atoms with Crippen LogP contribution in [0.15, 0.2) is 60.7 Å². The molecule has 0 unspecified atom stereocenters. The zero-order valence-corrected chi connectivity index (χ0v) is 36.5. The quantitative estimate of drug-likeness (QED) is 0.115. The van der Waals surface area contributed by atoms with Crippen LogP contribution in [0.1, 0.15) is 105 Å². The molecule has 0 saturated carbocycles. The Morgan fingerprint density at radius 3 is 1.93 bits per heavy atom. The lowest BCUT2D eigenvalue weighted by molar-refractivity contribution is -0.175. The van der Waals surface area contributed by atoms with E-state index >= 15 is 4.39 Å². The Morgan fingerprint density at radius 1 is 0.793 bits per heavy atom. The highest BCUT2D eigenvalue weighted by Crippen LogP contribution is 2.25. The number of esters is 3. The van der Waals surface area contributed by atoms with E-state index in [0.717, 1.165) is 32.9 Å². The third-order valence-electron chi connectivity index (χ3n) is 8.98. The lowest BCUT2D eigenvalue weighted by Crippen LogP contribution is -2.52. The van der Waals surface area contributed by atoms with Gasteiger partial charge < -0.3 is 28.6 Å². The summed E-state index contributed by atoms with van der Waals surface area (Å²) < 4.78 is 43.1. The van der Waals surface area contributed by atoms with Crippen molar-refractivity contribution in [3.63, 3.8) is 0 Å². The van der Waals surface area contributed by atoms with Crippen molar-refractivity contribution < 1.29 is 52.0 Å². The maximum atomic E-state index is 15.3. The van der Waals surface area contributed by atoms with Crippen molar-refractivity contribution in [2.75, 3.05) is 27.3 Å². The number of ether oxygens (including phenoxy) is 5. The van der Waals surface area contributed by atoms with Crippen molar-refractivity contribution in [1.29, 1.82) is 0 Å². The van der Waals surface area contributed by atoms with Crippen molar-refractivity contribution in [2.45, 2.75) is 137 Å². The first-order chi connectivity index (χ1) is 27.1. The third kappa shape index (κ3) is 16.6. The molecule has 0 N–H and O–H groups in total. The molecule has 4 atom stereocenters. The molecule has 0 radical (unpaired) electrons. The van der Waals surface area contributed by atoms with Gasteiger partial charge in [-0.3, -0.25) is 9.69 Å². The number of benzene rings is 2. The van der Waals surface area contributed by atoms with E-state index < -0.39 is 71.9 Å². The van der Waals surface area contributed by atoms with Gasteiger partial charge in [0, 0.05) is 26.9 Å². The summed E-state index contributed by atoms with van der Waals surface area (Å²) in [5.41, 5.74) is 0.762. The van der Waals surface area contributed by atoms with Gasteiger partial charge in [0.25, 0.3) is 5.91 Å². The zero-order valence-electron chi connectivity index (χ0n) is 36.5. The van der Waals surface area contributed by atoms with Crippen LogP contribution in [0.5, 0.6) is 0 Å².